The van der Waals surface area contributed by atoms with Crippen molar-refractivity contribution in [2.45, 2.75) is 13.0 Å². The Morgan fingerprint density at radius 2 is 2.09 bits per heavy atom. The standard InChI is InChI=1S/C15H15NO5S2/c1-8(14(18)19)16-13(17)11(23-15(16)22)7-9-5-4-6-10(20-2)12(9)21-3/h4-8H,1-3H3,(H,18,19)/p-1/b11-7-/t8-/m0/s1. The second-order valence-electron chi connectivity index (χ2n) is 4.63. The third-order valence-electron chi connectivity index (χ3n) is 3.27. The average molecular weight is 352 g/mol. The number of hydrogen-bond acceptors (Lipinski definition) is 7. The number of thioether (sulfide) groups is 1. The summed E-state index contributed by atoms with van der Waals surface area (Å²) in [5.41, 5.74) is 0.633. The SMILES string of the molecule is COc1cccc(/C=C2\SC(=S)N([C@@H](C)C(=O)[O-])C2=O)c1OC. The van der Waals surface area contributed by atoms with Crippen molar-refractivity contribution in [3.63, 3.8) is 0 Å². The van der Waals surface area contributed by atoms with Crippen LogP contribution in [0, 0.1) is 0 Å². The van der Waals surface area contributed by atoms with Crippen LogP contribution in [0.15, 0.2) is 23.1 Å². The van der Waals surface area contributed by atoms with Crippen LogP contribution >= 0.6 is 24.0 Å². The van der Waals surface area contributed by atoms with Gasteiger partial charge >= 0.3 is 0 Å². The smallest absolute Gasteiger partial charge is 0.266 e. The van der Waals surface area contributed by atoms with Crippen LogP contribution in [0.4, 0.5) is 0 Å². The molecule has 1 aromatic rings. The number of benzene rings is 1. The summed E-state index contributed by atoms with van der Waals surface area (Å²) in [5, 5.41) is 11.0. The molecule has 0 radical (unpaired) electrons. The van der Waals surface area contributed by atoms with E-state index in [4.69, 9.17) is 21.7 Å². The Balaban J connectivity index is 2.40. The van der Waals surface area contributed by atoms with Crippen LogP contribution < -0.4 is 14.6 Å². The number of nitrogens with zero attached hydrogens (tertiary/aromatic N) is 1. The Hall–Kier alpha value is -2.06. The number of amides is 1. The first-order valence-corrected chi connectivity index (χ1v) is 7.82. The second kappa shape index (κ2) is 7.01. The minimum atomic E-state index is -1.36. The minimum Gasteiger partial charge on any atom is -0.548 e. The van der Waals surface area contributed by atoms with E-state index in [1.807, 2.05) is 0 Å². The summed E-state index contributed by atoms with van der Waals surface area (Å²) < 4.78 is 10.7. The van der Waals surface area contributed by atoms with Gasteiger partial charge in [-0.2, -0.15) is 0 Å². The Morgan fingerprint density at radius 3 is 2.65 bits per heavy atom. The summed E-state index contributed by atoms with van der Waals surface area (Å²) in [6, 6.07) is 4.13. The highest BCUT2D eigenvalue weighted by atomic mass is 32.2. The summed E-state index contributed by atoms with van der Waals surface area (Å²) in [6.07, 6.45) is 1.60. The van der Waals surface area contributed by atoms with Crippen molar-refractivity contribution < 1.29 is 24.2 Å². The number of thiocarbonyl (C=S) groups is 1. The zero-order valence-electron chi connectivity index (χ0n) is 12.7. The van der Waals surface area contributed by atoms with Crippen molar-refractivity contribution in [1.82, 2.24) is 4.90 Å². The Morgan fingerprint density at radius 1 is 1.39 bits per heavy atom. The molecule has 1 aliphatic heterocycles. The molecular weight excluding hydrogens is 338 g/mol. The Labute approximate surface area is 143 Å². The molecule has 1 aliphatic rings. The first-order chi connectivity index (χ1) is 10.9. The fraction of sp³-hybridized carbons (Fsp3) is 0.267. The minimum absolute atomic E-state index is 0.180. The largest absolute Gasteiger partial charge is 0.548 e. The van der Waals surface area contributed by atoms with Gasteiger partial charge in [0.25, 0.3) is 5.91 Å². The number of carboxylic acids is 1. The number of carbonyl (C=O) groups is 2. The van der Waals surface area contributed by atoms with E-state index >= 15 is 0 Å². The zero-order valence-corrected chi connectivity index (χ0v) is 14.3. The first-order valence-electron chi connectivity index (χ1n) is 6.59. The molecule has 0 bridgehead atoms. The van der Waals surface area contributed by atoms with Gasteiger partial charge in [-0.25, -0.2) is 0 Å². The predicted molar refractivity (Wildman–Crippen MR) is 89.0 cm³/mol. The van der Waals surface area contributed by atoms with Crippen LogP contribution in [0.2, 0.25) is 0 Å². The summed E-state index contributed by atoms with van der Waals surface area (Å²) in [5.74, 6) is -0.823. The van der Waals surface area contributed by atoms with Crippen molar-refractivity contribution in [3.8, 4) is 11.5 Å². The molecule has 23 heavy (non-hydrogen) atoms. The van der Waals surface area contributed by atoms with Crippen molar-refractivity contribution in [2.75, 3.05) is 14.2 Å². The Bertz CT molecular complexity index is 701. The van der Waals surface area contributed by atoms with E-state index in [1.165, 1.54) is 21.1 Å². The number of para-hydroxylation sites is 1. The van der Waals surface area contributed by atoms with E-state index in [0.29, 0.717) is 22.0 Å². The highest BCUT2D eigenvalue weighted by molar-refractivity contribution is 8.26. The van der Waals surface area contributed by atoms with Crippen LogP contribution in [-0.4, -0.2) is 41.4 Å². The molecule has 0 unspecified atom stereocenters. The molecule has 1 aromatic carbocycles. The van der Waals surface area contributed by atoms with Gasteiger partial charge in [-0.05, 0) is 19.1 Å². The van der Waals surface area contributed by atoms with E-state index in [9.17, 15) is 14.7 Å². The lowest BCUT2D eigenvalue weighted by Gasteiger charge is -2.23. The molecular formula is C15H14NO5S2-. The van der Waals surface area contributed by atoms with Gasteiger partial charge in [-0.15, -0.1) is 0 Å². The fourth-order valence-corrected chi connectivity index (χ4v) is 3.50. The Kier molecular flexibility index (Phi) is 5.27. The van der Waals surface area contributed by atoms with Crippen molar-refractivity contribution >= 4 is 46.3 Å². The third-order valence-corrected chi connectivity index (χ3v) is 4.60. The van der Waals surface area contributed by atoms with Crippen LogP contribution in [0.3, 0.4) is 0 Å². The van der Waals surface area contributed by atoms with E-state index in [-0.39, 0.29) is 4.32 Å². The summed E-state index contributed by atoms with van der Waals surface area (Å²) in [7, 11) is 3.02. The van der Waals surface area contributed by atoms with Gasteiger partial charge in [-0.3, -0.25) is 9.69 Å². The molecule has 1 saturated heterocycles. The monoisotopic (exact) mass is 352 g/mol. The molecule has 1 heterocycles. The van der Waals surface area contributed by atoms with Crippen LogP contribution in [0.25, 0.3) is 6.08 Å². The van der Waals surface area contributed by atoms with Crippen molar-refractivity contribution in [3.05, 3.63) is 28.7 Å². The van der Waals surface area contributed by atoms with Gasteiger partial charge in [0.05, 0.1) is 31.1 Å². The molecule has 0 saturated carbocycles. The molecule has 2 rings (SSSR count). The predicted octanol–water partition coefficient (Wildman–Crippen LogP) is 1.04. The van der Waals surface area contributed by atoms with Crippen LogP contribution in [0.1, 0.15) is 12.5 Å². The quantitative estimate of drug-likeness (QED) is 0.579. The molecule has 6 nitrogen and oxygen atoms in total. The molecule has 0 N–H and O–H groups in total. The van der Waals surface area contributed by atoms with Crippen molar-refractivity contribution in [1.29, 1.82) is 0 Å². The normalized spacial score (nSPS) is 17.5. The molecule has 0 aromatic heterocycles. The number of rotatable bonds is 5. The fourth-order valence-electron chi connectivity index (χ4n) is 2.09. The molecule has 8 heteroatoms. The number of methoxy groups -OCH3 is 2. The van der Waals surface area contributed by atoms with Gasteiger partial charge in [0.2, 0.25) is 0 Å². The number of aliphatic carboxylic acids is 1. The van der Waals surface area contributed by atoms with Gasteiger partial charge < -0.3 is 19.4 Å². The van der Waals surface area contributed by atoms with Crippen molar-refractivity contribution in [2.24, 2.45) is 0 Å². The maximum Gasteiger partial charge on any atom is 0.266 e. The number of hydrogen-bond donors (Lipinski definition) is 0. The molecule has 1 atom stereocenters. The van der Waals surface area contributed by atoms with E-state index < -0.39 is 17.9 Å². The summed E-state index contributed by atoms with van der Waals surface area (Å²) >= 11 is 6.13. The summed E-state index contributed by atoms with van der Waals surface area (Å²) in [4.78, 5) is 24.8. The van der Waals surface area contributed by atoms with E-state index in [2.05, 4.69) is 0 Å². The van der Waals surface area contributed by atoms with Gasteiger partial charge in [0.1, 0.15) is 4.32 Å². The lowest BCUT2D eigenvalue weighted by molar-refractivity contribution is -0.309. The molecule has 0 spiro atoms. The number of ether oxygens (including phenoxy) is 2. The maximum absolute atomic E-state index is 12.4. The number of carbonyl (C=O) groups excluding carboxylic acids is 2. The highest BCUT2D eigenvalue weighted by Gasteiger charge is 2.36. The van der Waals surface area contributed by atoms with Crippen LogP contribution in [-0.2, 0) is 9.59 Å². The van der Waals surface area contributed by atoms with Gasteiger partial charge in [0.15, 0.2) is 11.5 Å². The lowest BCUT2D eigenvalue weighted by Crippen LogP contribution is -2.48. The zero-order chi connectivity index (χ0) is 17.1. The molecule has 122 valence electrons. The molecule has 1 fully saturated rings. The van der Waals surface area contributed by atoms with Gasteiger partial charge in [0, 0.05) is 5.56 Å². The second-order valence-corrected chi connectivity index (χ2v) is 6.31. The topological polar surface area (TPSA) is 78.9 Å². The van der Waals surface area contributed by atoms with Crippen LogP contribution in [0.5, 0.6) is 11.5 Å². The number of carboxylic acid groups (broad SMARTS) is 1. The molecule has 0 aliphatic carbocycles. The highest BCUT2D eigenvalue weighted by Crippen LogP contribution is 2.37. The lowest BCUT2D eigenvalue weighted by atomic mass is 10.1. The summed E-state index contributed by atoms with van der Waals surface area (Å²) in [6.45, 7) is 1.36. The average Bonchev–Trinajstić information content (AvgIpc) is 2.80. The third kappa shape index (κ3) is 3.32. The van der Waals surface area contributed by atoms with Gasteiger partial charge in [-0.1, -0.05) is 36.1 Å². The first kappa shape index (κ1) is 17.3. The molecule has 1 amide bonds. The van der Waals surface area contributed by atoms with E-state index in [0.717, 1.165) is 16.7 Å². The van der Waals surface area contributed by atoms with E-state index in [1.54, 1.807) is 24.3 Å². The maximum atomic E-state index is 12.4.